The van der Waals surface area contributed by atoms with Crippen molar-refractivity contribution in [1.29, 1.82) is 0 Å². The highest BCUT2D eigenvalue weighted by molar-refractivity contribution is 8.03. The molecule has 1 aromatic rings. The van der Waals surface area contributed by atoms with Gasteiger partial charge < -0.3 is 9.64 Å². The Balaban J connectivity index is 1.42. The molecule has 6 nitrogen and oxygen atoms in total. The first-order valence-corrected chi connectivity index (χ1v) is 11.2. The van der Waals surface area contributed by atoms with E-state index in [0.717, 1.165) is 25.0 Å². The Labute approximate surface area is 175 Å². The van der Waals surface area contributed by atoms with Gasteiger partial charge in [0.05, 0.1) is 12.6 Å². The number of carbonyl (C=O) groups is 3. The molecule has 1 unspecified atom stereocenters. The summed E-state index contributed by atoms with van der Waals surface area (Å²) in [5.74, 6) is 0.851. The Hall–Kier alpha value is -2.28. The zero-order chi connectivity index (χ0) is 20.4. The molecule has 0 spiro atoms. The van der Waals surface area contributed by atoms with E-state index in [1.807, 2.05) is 36.9 Å². The summed E-state index contributed by atoms with van der Waals surface area (Å²) in [5.41, 5.74) is 0.565. The van der Waals surface area contributed by atoms with Gasteiger partial charge in [-0.3, -0.25) is 14.5 Å². The molecule has 3 aliphatic heterocycles. The Morgan fingerprint density at radius 3 is 2.72 bits per heavy atom. The molecule has 0 N–H and O–H groups in total. The minimum Gasteiger partial charge on any atom is -0.446 e. The molecule has 7 heteroatoms. The van der Waals surface area contributed by atoms with E-state index in [0.29, 0.717) is 18.5 Å². The van der Waals surface area contributed by atoms with E-state index in [4.69, 9.17) is 4.74 Å². The summed E-state index contributed by atoms with van der Waals surface area (Å²) in [7, 11) is 0. The molecule has 29 heavy (non-hydrogen) atoms. The number of amides is 2. The van der Waals surface area contributed by atoms with Crippen molar-refractivity contribution in [3.63, 3.8) is 0 Å². The zero-order valence-corrected chi connectivity index (χ0v) is 17.4. The van der Waals surface area contributed by atoms with Crippen molar-refractivity contribution in [2.75, 3.05) is 18.8 Å². The van der Waals surface area contributed by atoms with Crippen molar-refractivity contribution in [2.45, 2.75) is 50.8 Å². The van der Waals surface area contributed by atoms with E-state index in [-0.39, 0.29) is 30.4 Å². The van der Waals surface area contributed by atoms with Crippen LogP contribution in [0, 0.1) is 0 Å². The number of likely N-dealkylation sites (tertiary alicyclic amines) is 2. The van der Waals surface area contributed by atoms with Gasteiger partial charge in [-0.25, -0.2) is 4.79 Å². The van der Waals surface area contributed by atoms with Crippen LogP contribution in [0.4, 0.5) is 4.79 Å². The van der Waals surface area contributed by atoms with Gasteiger partial charge in [-0.05, 0) is 36.3 Å². The van der Waals surface area contributed by atoms with Crippen molar-refractivity contribution in [3.05, 3.63) is 46.9 Å². The number of fused-ring (bicyclic) bond motifs is 1. The highest BCUT2D eigenvalue weighted by Crippen LogP contribution is 2.33. The van der Waals surface area contributed by atoms with E-state index in [1.54, 1.807) is 17.0 Å². The average molecular weight is 415 g/mol. The summed E-state index contributed by atoms with van der Waals surface area (Å²) < 4.78 is 5.76. The molecular weight excluding hydrogens is 388 g/mol. The van der Waals surface area contributed by atoms with Crippen LogP contribution in [-0.4, -0.2) is 64.6 Å². The summed E-state index contributed by atoms with van der Waals surface area (Å²) in [4.78, 5) is 42.8. The van der Waals surface area contributed by atoms with Crippen molar-refractivity contribution in [2.24, 2.45) is 0 Å². The molecule has 0 radical (unpaired) electrons. The van der Waals surface area contributed by atoms with E-state index >= 15 is 0 Å². The van der Waals surface area contributed by atoms with Crippen LogP contribution < -0.4 is 0 Å². The van der Waals surface area contributed by atoms with Gasteiger partial charge in [-0.15, -0.1) is 11.8 Å². The number of hydrogen-bond donors (Lipinski definition) is 0. The summed E-state index contributed by atoms with van der Waals surface area (Å²) in [6.45, 7) is 2.49. The van der Waals surface area contributed by atoms with Crippen molar-refractivity contribution in [3.8, 4) is 0 Å². The molecule has 2 fully saturated rings. The summed E-state index contributed by atoms with van der Waals surface area (Å²) >= 11 is 1.82. The van der Waals surface area contributed by atoms with Gasteiger partial charge in [0.2, 0.25) is 0 Å². The molecule has 4 rings (SSSR count). The number of nitrogens with zero attached hydrogens (tertiary/aromatic N) is 2. The molecule has 0 aromatic heterocycles. The van der Waals surface area contributed by atoms with Crippen LogP contribution in [0.5, 0.6) is 0 Å². The number of rotatable bonds is 5. The highest BCUT2D eigenvalue weighted by Gasteiger charge is 2.52. The highest BCUT2D eigenvalue weighted by atomic mass is 32.2. The molecule has 3 heterocycles. The van der Waals surface area contributed by atoms with Crippen molar-refractivity contribution < 1.29 is 19.1 Å². The molecular formula is C22H26N2O4S. The van der Waals surface area contributed by atoms with E-state index < -0.39 is 12.1 Å². The first kappa shape index (κ1) is 20.0. The number of ketones is 1. The van der Waals surface area contributed by atoms with Crippen molar-refractivity contribution >= 4 is 29.5 Å². The Kier molecular flexibility index (Phi) is 5.94. The third-order valence-electron chi connectivity index (χ3n) is 5.87. The van der Waals surface area contributed by atoms with Gasteiger partial charge in [0, 0.05) is 24.3 Å². The normalized spacial score (nSPS) is 24.4. The lowest BCUT2D eigenvalue weighted by Gasteiger charge is -2.26. The standard InChI is InChI=1S/C22H26N2O4S/c1-2-16(13-17-9-6-12-29-17)28-22(27)23-11-10-18-20(23)19(25)14-24(18)21(26)15-7-4-3-5-8-15/h3-5,7-9,16,18,20H,2,6,10-14H2,1H3/t16?,18-,20+/m1/s1. The van der Waals surface area contributed by atoms with Gasteiger partial charge in [-0.1, -0.05) is 31.2 Å². The first-order valence-electron chi connectivity index (χ1n) is 10.3. The van der Waals surface area contributed by atoms with Gasteiger partial charge >= 0.3 is 6.09 Å². The Morgan fingerprint density at radius 2 is 2.03 bits per heavy atom. The van der Waals surface area contributed by atoms with Crippen LogP contribution >= 0.6 is 11.8 Å². The number of allylic oxidation sites excluding steroid dienone is 1. The topological polar surface area (TPSA) is 66.9 Å². The second-order valence-corrected chi connectivity index (χ2v) is 8.91. The number of ether oxygens (including phenoxy) is 1. The molecule has 2 saturated heterocycles. The second kappa shape index (κ2) is 8.61. The maximum absolute atomic E-state index is 12.9. The number of thioether (sulfide) groups is 1. The first-order chi connectivity index (χ1) is 14.1. The molecule has 154 valence electrons. The van der Waals surface area contributed by atoms with Gasteiger partial charge in [0.1, 0.15) is 12.1 Å². The number of hydrogen-bond acceptors (Lipinski definition) is 5. The largest absolute Gasteiger partial charge is 0.446 e. The predicted octanol–water partition coefficient (Wildman–Crippen LogP) is 3.48. The summed E-state index contributed by atoms with van der Waals surface area (Å²) in [6.07, 6.45) is 4.73. The molecule has 1 aromatic carbocycles. The predicted molar refractivity (Wildman–Crippen MR) is 112 cm³/mol. The lowest BCUT2D eigenvalue weighted by Crippen LogP contribution is -2.44. The third-order valence-corrected chi connectivity index (χ3v) is 7.01. The van der Waals surface area contributed by atoms with Gasteiger partial charge in [0.25, 0.3) is 5.91 Å². The van der Waals surface area contributed by atoms with E-state index in [1.165, 1.54) is 9.81 Å². The van der Waals surface area contributed by atoms with Crippen LogP contribution in [-0.2, 0) is 9.53 Å². The van der Waals surface area contributed by atoms with Gasteiger partial charge in [0.15, 0.2) is 5.78 Å². The Bertz CT molecular complexity index is 825. The monoisotopic (exact) mass is 414 g/mol. The van der Waals surface area contributed by atoms with Gasteiger partial charge in [-0.2, -0.15) is 0 Å². The second-order valence-electron chi connectivity index (χ2n) is 7.69. The minimum absolute atomic E-state index is 0.0492. The van der Waals surface area contributed by atoms with Crippen molar-refractivity contribution in [1.82, 2.24) is 9.80 Å². The molecule has 0 saturated carbocycles. The fourth-order valence-corrected chi connectivity index (χ4v) is 5.40. The molecule has 3 atom stereocenters. The quantitative estimate of drug-likeness (QED) is 0.738. The molecule has 2 amide bonds. The SMILES string of the molecule is CCC(CC1=CCCS1)OC(=O)N1CC[C@@H]2[C@H]1C(=O)CN2C(=O)c1ccccc1. The Morgan fingerprint density at radius 1 is 1.24 bits per heavy atom. The van der Waals surface area contributed by atoms with Crippen LogP contribution in [0.25, 0.3) is 0 Å². The van der Waals surface area contributed by atoms with Crippen LogP contribution in [0.1, 0.15) is 43.0 Å². The fraction of sp³-hybridized carbons (Fsp3) is 0.500. The van der Waals surface area contributed by atoms with E-state index in [2.05, 4.69) is 6.08 Å². The zero-order valence-electron chi connectivity index (χ0n) is 16.6. The lowest BCUT2D eigenvalue weighted by molar-refractivity contribution is -0.120. The average Bonchev–Trinajstić information content (AvgIpc) is 3.46. The third kappa shape index (κ3) is 4.06. The maximum atomic E-state index is 12.9. The number of benzene rings is 1. The number of Topliss-reactive ketones (excluding diaryl/α,β-unsaturated/α-hetero) is 1. The van der Waals surface area contributed by atoms with Crippen LogP contribution in [0.15, 0.2) is 41.3 Å². The maximum Gasteiger partial charge on any atom is 0.410 e. The van der Waals surface area contributed by atoms with E-state index in [9.17, 15) is 14.4 Å². The van der Waals surface area contributed by atoms with Crippen LogP contribution in [0.2, 0.25) is 0 Å². The number of carbonyl (C=O) groups excluding carboxylic acids is 3. The summed E-state index contributed by atoms with van der Waals surface area (Å²) in [5, 5.41) is 0. The minimum atomic E-state index is -0.590. The smallest absolute Gasteiger partial charge is 0.410 e. The molecule has 3 aliphatic rings. The fourth-order valence-electron chi connectivity index (χ4n) is 4.36. The summed E-state index contributed by atoms with van der Waals surface area (Å²) in [6, 6.07) is 8.12. The lowest BCUT2D eigenvalue weighted by atomic mass is 10.1. The molecule has 0 aliphatic carbocycles. The van der Waals surface area contributed by atoms with Crippen LogP contribution in [0.3, 0.4) is 0 Å². The molecule has 0 bridgehead atoms.